The first-order chi connectivity index (χ1) is 7.66. The second-order valence-corrected chi connectivity index (χ2v) is 3.95. The van der Waals surface area contributed by atoms with Crippen molar-refractivity contribution in [3.63, 3.8) is 0 Å². The fourth-order valence-corrected chi connectivity index (χ4v) is 1.52. The fourth-order valence-electron chi connectivity index (χ4n) is 1.52. The van der Waals surface area contributed by atoms with Gasteiger partial charge in [0.2, 0.25) is 0 Å². The Balaban J connectivity index is 1.99. The SMILES string of the molecule is Cc1nc(COC2CCC2)ncc1C(=O)O. The molecule has 0 bridgehead atoms. The van der Waals surface area contributed by atoms with Gasteiger partial charge in [-0.2, -0.15) is 0 Å². The summed E-state index contributed by atoms with van der Waals surface area (Å²) in [6.45, 7) is 2.03. The Bertz CT molecular complexity index is 402. The van der Waals surface area contributed by atoms with Crippen LogP contribution in [-0.4, -0.2) is 27.1 Å². The minimum atomic E-state index is -0.996. The highest BCUT2D eigenvalue weighted by Crippen LogP contribution is 2.22. The predicted molar refractivity (Wildman–Crippen MR) is 56.2 cm³/mol. The molecule has 0 saturated heterocycles. The smallest absolute Gasteiger partial charge is 0.339 e. The van der Waals surface area contributed by atoms with Crippen LogP contribution in [0, 0.1) is 6.92 Å². The maximum atomic E-state index is 10.7. The lowest BCUT2D eigenvalue weighted by Crippen LogP contribution is -2.22. The normalized spacial score (nSPS) is 15.8. The van der Waals surface area contributed by atoms with Crippen LogP contribution in [-0.2, 0) is 11.3 Å². The van der Waals surface area contributed by atoms with Gasteiger partial charge < -0.3 is 9.84 Å². The first-order valence-electron chi connectivity index (χ1n) is 5.34. The van der Waals surface area contributed by atoms with Crippen molar-refractivity contribution in [2.24, 2.45) is 0 Å². The van der Waals surface area contributed by atoms with Crippen LogP contribution in [0.5, 0.6) is 0 Å². The van der Waals surface area contributed by atoms with Gasteiger partial charge in [0, 0.05) is 6.20 Å². The van der Waals surface area contributed by atoms with E-state index in [4.69, 9.17) is 9.84 Å². The van der Waals surface area contributed by atoms with Gasteiger partial charge in [-0.1, -0.05) is 0 Å². The molecule has 5 nitrogen and oxygen atoms in total. The highest BCUT2D eigenvalue weighted by Gasteiger charge is 2.18. The number of carboxylic acid groups (broad SMARTS) is 1. The lowest BCUT2D eigenvalue weighted by molar-refractivity contribution is -0.0117. The molecular formula is C11H14N2O3. The monoisotopic (exact) mass is 222 g/mol. The molecule has 1 saturated carbocycles. The highest BCUT2D eigenvalue weighted by molar-refractivity contribution is 5.88. The Morgan fingerprint density at radius 2 is 2.38 bits per heavy atom. The van der Waals surface area contributed by atoms with Crippen molar-refractivity contribution in [2.45, 2.75) is 38.9 Å². The standard InChI is InChI=1S/C11H14N2O3/c1-7-9(11(14)15)5-12-10(13-7)6-16-8-3-2-4-8/h5,8H,2-4,6H2,1H3,(H,14,15). The number of hydrogen-bond donors (Lipinski definition) is 1. The van der Waals surface area contributed by atoms with Gasteiger partial charge in [-0.05, 0) is 26.2 Å². The second kappa shape index (κ2) is 4.57. The summed E-state index contributed by atoms with van der Waals surface area (Å²) in [4.78, 5) is 18.8. The van der Waals surface area contributed by atoms with E-state index in [2.05, 4.69) is 9.97 Å². The van der Waals surface area contributed by atoms with Gasteiger partial charge in [0.25, 0.3) is 0 Å². The van der Waals surface area contributed by atoms with Crippen LogP contribution in [0.3, 0.4) is 0 Å². The molecule has 0 unspecified atom stereocenters. The predicted octanol–water partition coefficient (Wildman–Crippen LogP) is 1.55. The summed E-state index contributed by atoms with van der Waals surface area (Å²) in [5.74, 6) is -0.446. The average Bonchev–Trinajstić information content (AvgIpc) is 2.14. The molecule has 1 N–H and O–H groups in total. The molecule has 1 aromatic rings. The van der Waals surface area contributed by atoms with Crippen LogP contribution in [0.1, 0.15) is 41.1 Å². The number of rotatable bonds is 4. The molecule has 0 aromatic carbocycles. The molecule has 0 spiro atoms. The summed E-state index contributed by atoms with van der Waals surface area (Å²) >= 11 is 0. The molecule has 0 atom stereocenters. The third kappa shape index (κ3) is 2.36. The Morgan fingerprint density at radius 3 is 2.88 bits per heavy atom. The van der Waals surface area contributed by atoms with E-state index in [9.17, 15) is 4.79 Å². The largest absolute Gasteiger partial charge is 0.478 e. The molecule has 0 amide bonds. The molecule has 1 fully saturated rings. The van der Waals surface area contributed by atoms with Crippen LogP contribution < -0.4 is 0 Å². The third-order valence-electron chi connectivity index (χ3n) is 2.76. The lowest BCUT2D eigenvalue weighted by Gasteiger charge is -2.25. The number of aryl methyl sites for hydroxylation is 1. The quantitative estimate of drug-likeness (QED) is 0.836. The molecule has 5 heteroatoms. The van der Waals surface area contributed by atoms with Crippen molar-refractivity contribution in [2.75, 3.05) is 0 Å². The molecule has 0 radical (unpaired) electrons. The van der Waals surface area contributed by atoms with Gasteiger partial charge in [-0.15, -0.1) is 0 Å². The summed E-state index contributed by atoms with van der Waals surface area (Å²) in [5, 5.41) is 8.81. The van der Waals surface area contributed by atoms with Gasteiger partial charge in [-0.25, -0.2) is 14.8 Å². The first-order valence-corrected chi connectivity index (χ1v) is 5.34. The zero-order valence-corrected chi connectivity index (χ0v) is 9.14. The second-order valence-electron chi connectivity index (χ2n) is 3.95. The summed E-state index contributed by atoms with van der Waals surface area (Å²) < 4.78 is 5.55. The lowest BCUT2D eigenvalue weighted by atomic mass is 9.96. The van der Waals surface area contributed by atoms with Crippen molar-refractivity contribution in [3.05, 3.63) is 23.3 Å². The minimum absolute atomic E-state index is 0.146. The van der Waals surface area contributed by atoms with E-state index < -0.39 is 5.97 Å². The topological polar surface area (TPSA) is 72.3 Å². The van der Waals surface area contributed by atoms with Gasteiger partial charge in [0.05, 0.1) is 17.4 Å². The number of carboxylic acids is 1. The van der Waals surface area contributed by atoms with E-state index in [0.29, 0.717) is 24.2 Å². The first kappa shape index (κ1) is 11.0. The molecule has 0 aliphatic heterocycles. The highest BCUT2D eigenvalue weighted by atomic mass is 16.5. The zero-order chi connectivity index (χ0) is 11.5. The van der Waals surface area contributed by atoms with E-state index in [0.717, 1.165) is 12.8 Å². The van der Waals surface area contributed by atoms with Crippen LogP contribution >= 0.6 is 0 Å². The zero-order valence-electron chi connectivity index (χ0n) is 9.14. The van der Waals surface area contributed by atoms with E-state index in [1.807, 2.05) is 0 Å². The summed E-state index contributed by atoms with van der Waals surface area (Å²) in [6, 6.07) is 0. The van der Waals surface area contributed by atoms with E-state index >= 15 is 0 Å². The molecule has 86 valence electrons. The maximum Gasteiger partial charge on any atom is 0.339 e. The molecule has 1 aliphatic carbocycles. The molecule has 2 rings (SSSR count). The van der Waals surface area contributed by atoms with E-state index in [1.165, 1.54) is 12.6 Å². The van der Waals surface area contributed by atoms with Crippen LogP contribution in [0.4, 0.5) is 0 Å². The van der Waals surface area contributed by atoms with Gasteiger partial charge in [0.15, 0.2) is 5.82 Å². The van der Waals surface area contributed by atoms with Crippen molar-refractivity contribution in [3.8, 4) is 0 Å². The number of carbonyl (C=O) groups is 1. The molecule has 1 aliphatic rings. The average molecular weight is 222 g/mol. The fraction of sp³-hybridized carbons (Fsp3) is 0.545. The van der Waals surface area contributed by atoms with Crippen molar-refractivity contribution in [1.29, 1.82) is 0 Å². The van der Waals surface area contributed by atoms with Crippen molar-refractivity contribution in [1.82, 2.24) is 9.97 Å². The van der Waals surface area contributed by atoms with Crippen LogP contribution in [0.15, 0.2) is 6.20 Å². The summed E-state index contributed by atoms with van der Waals surface area (Å²) in [6.07, 6.45) is 5.11. The minimum Gasteiger partial charge on any atom is -0.478 e. The summed E-state index contributed by atoms with van der Waals surface area (Å²) in [7, 11) is 0. The Morgan fingerprint density at radius 1 is 1.62 bits per heavy atom. The number of hydrogen-bond acceptors (Lipinski definition) is 4. The molecule has 16 heavy (non-hydrogen) atoms. The van der Waals surface area contributed by atoms with Crippen LogP contribution in [0.2, 0.25) is 0 Å². The molecule has 1 heterocycles. The maximum absolute atomic E-state index is 10.7. The van der Waals surface area contributed by atoms with Crippen LogP contribution in [0.25, 0.3) is 0 Å². The van der Waals surface area contributed by atoms with Crippen molar-refractivity contribution < 1.29 is 14.6 Å². The number of ether oxygens (including phenoxy) is 1. The van der Waals surface area contributed by atoms with E-state index in [1.54, 1.807) is 6.92 Å². The Hall–Kier alpha value is -1.49. The van der Waals surface area contributed by atoms with Gasteiger partial charge >= 0.3 is 5.97 Å². The van der Waals surface area contributed by atoms with Gasteiger partial charge in [-0.3, -0.25) is 0 Å². The van der Waals surface area contributed by atoms with Crippen molar-refractivity contribution >= 4 is 5.97 Å². The molecular weight excluding hydrogens is 208 g/mol. The Labute approximate surface area is 93.5 Å². The number of aromatic carboxylic acids is 1. The van der Waals surface area contributed by atoms with E-state index in [-0.39, 0.29) is 5.56 Å². The third-order valence-corrected chi connectivity index (χ3v) is 2.76. The number of aromatic nitrogens is 2. The van der Waals surface area contributed by atoms with Gasteiger partial charge in [0.1, 0.15) is 6.61 Å². The Kier molecular flexibility index (Phi) is 3.14. The molecule has 1 aromatic heterocycles. The summed E-state index contributed by atoms with van der Waals surface area (Å²) in [5.41, 5.74) is 0.627. The number of nitrogens with zero attached hydrogens (tertiary/aromatic N) is 2.